The Bertz CT molecular complexity index is 785. The second kappa shape index (κ2) is 4.32. The molecule has 0 fully saturated rings. The van der Waals surface area contributed by atoms with Crippen molar-refractivity contribution >= 4 is 11.0 Å². The van der Waals surface area contributed by atoms with E-state index in [0.29, 0.717) is 22.6 Å². The molecule has 0 spiro atoms. The van der Waals surface area contributed by atoms with Crippen LogP contribution in [0.5, 0.6) is 0 Å². The Morgan fingerprint density at radius 3 is 2.89 bits per heavy atom. The number of furan rings is 1. The number of aryl methyl sites for hydroxylation is 1. The molecule has 0 aromatic carbocycles. The average molecular weight is 261 g/mol. The summed E-state index contributed by atoms with van der Waals surface area (Å²) >= 11 is 0. The van der Waals surface area contributed by atoms with E-state index >= 15 is 0 Å². The van der Waals surface area contributed by atoms with Crippen molar-refractivity contribution in [2.45, 2.75) is 13.2 Å². The van der Waals surface area contributed by atoms with Crippen molar-refractivity contribution in [1.29, 1.82) is 0 Å². The van der Waals surface area contributed by atoms with Gasteiger partial charge in [-0.05, 0) is 12.1 Å². The van der Waals surface area contributed by atoms with Gasteiger partial charge in [-0.25, -0.2) is 9.36 Å². The van der Waals surface area contributed by atoms with Gasteiger partial charge in [0.1, 0.15) is 30.1 Å². The molecule has 0 aliphatic heterocycles. The van der Waals surface area contributed by atoms with Crippen LogP contribution in [-0.4, -0.2) is 29.9 Å². The molecule has 0 radical (unpaired) electrons. The summed E-state index contributed by atoms with van der Waals surface area (Å²) in [4.78, 5) is 12.1. The van der Waals surface area contributed by atoms with Crippen molar-refractivity contribution < 1.29 is 9.52 Å². The molecular formula is C11H11N5O3. The van der Waals surface area contributed by atoms with Crippen molar-refractivity contribution in [3.63, 3.8) is 0 Å². The fraction of sp³-hybridized carbons (Fsp3) is 0.273. The van der Waals surface area contributed by atoms with Crippen molar-refractivity contribution in [2.24, 2.45) is 7.05 Å². The Labute approximate surface area is 106 Å². The first-order valence-corrected chi connectivity index (χ1v) is 5.63. The SMILES string of the molecule is Cn1ncc2c(=O)n(Cc3ccc(CO)o3)nnc21. The molecule has 8 heteroatoms. The van der Waals surface area contributed by atoms with Gasteiger partial charge in [-0.1, -0.05) is 5.21 Å². The highest BCUT2D eigenvalue weighted by Crippen LogP contribution is 2.09. The van der Waals surface area contributed by atoms with Gasteiger partial charge in [-0.2, -0.15) is 5.10 Å². The number of fused-ring (bicyclic) bond motifs is 1. The lowest BCUT2D eigenvalue weighted by molar-refractivity contribution is 0.242. The maximum Gasteiger partial charge on any atom is 0.281 e. The van der Waals surface area contributed by atoms with Gasteiger partial charge in [0.2, 0.25) is 0 Å². The number of aromatic nitrogens is 5. The van der Waals surface area contributed by atoms with Crippen LogP contribution in [0.15, 0.2) is 27.5 Å². The molecule has 0 bridgehead atoms. The summed E-state index contributed by atoms with van der Waals surface area (Å²) < 4.78 is 8.00. The average Bonchev–Trinajstić information content (AvgIpc) is 3.00. The zero-order valence-electron chi connectivity index (χ0n) is 10.1. The monoisotopic (exact) mass is 261 g/mol. The molecule has 3 heterocycles. The molecule has 0 atom stereocenters. The second-order valence-electron chi connectivity index (χ2n) is 4.08. The number of hydrogen-bond donors (Lipinski definition) is 1. The van der Waals surface area contributed by atoms with Crippen LogP contribution in [0.1, 0.15) is 11.5 Å². The summed E-state index contributed by atoms with van der Waals surface area (Å²) in [6, 6.07) is 3.34. The minimum Gasteiger partial charge on any atom is -0.462 e. The van der Waals surface area contributed by atoms with E-state index in [0.717, 1.165) is 0 Å². The largest absolute Gasteiger partial charge is 0.462 e. The second-order valence-corrected chi connectivity index (χ2v) is 4.08. The van der Waals surface area contributed by atoms with E-state index in [1.807, 2.05) is 0 Å². The van der Waals surface area contributed by atoms with Gasteiger partial charge < -0.3 is 9.52 Å². The molecule has 19 heavy (non-hydrogen) atoms. The molecule has 0 unspecified atom stereocenters. The van der Waals surface area contributed by atoms with E-state index in [-0.39, 0.29) is 18.7 Å². The molecular weight excluding hydrogens is 250 g/mol. The van der Waals surface area contributed by atoms with Crippen LogP contribution < -0.4 is 5.56 Å². The topological polar surface area (TPSA) is 99.0 Å². The number of aliphatic hydroxyl groups is 1. The third-order valence-electron chi connectivity index (χ3n) is 2.80. The van der Waals surface area contributed by atoms with E-state index in [1.54, 1.807) is 19.2 Å². The summed E-state index contributed by atoms with van der Waals surface area (Å²) in [6.07, 6.45) is 1.46. The van der Waals surface area contributed by atoms with E-state index < -0.39 is 0 Å². The fourth-order valence-corrected chi connectivity index (χ4v) is 1.82. The lowest BCUT2D eigenvalue weighted by Gasteiger charge is -2.00. The normalized spacial score (nSPS) is 11.3. The van der Waals surface area contributed by atoms with E-state index in [1.165, 1.54) is 15.6 Å². The molecule has 0 aliphatic rings. The molecule has 0 aliphatic carbocycles. The maximum absolute atomic E-state index is 12.1. The molecule has 3 rings (SSSR count). The minimum absolute atomic E-state index is 0.163. The Kier molecular flexibility index (Phi) is 2.64. The van der Waals surface area contributed by atoms with Crippen LogP contribution in [0, 0.1) is 0 Å². The molecule has 0 saturated heterocycles. The first-order valence-electron chi connectivity index (χ1n) is 5.63. The van der Waals surface area contributed by atoms with Gasteiger partial charge in [-0.3, -0.25) is 4.79 Å². The summed E-state index contributed by atoms with van der Waals surface area (Å²) in [6.45, 7) is -0.0150. The van der Waals surface area contributed by atoms with Gasteiger partial charge >= 0.3 is 0 Å². The van der Waals surface area contributed by atoms with Crippen LogP contribution in [0.4, 0.5) is 0 Å². The van der Waals surface area contributed by atoms with Crippen LogP contribution in [-0.2, 0) is 20.2 Å². The zero-order chi connectivity index (χ0) is 13.4. The molecule has 3 aromatic rings. The van der Waals surface area contributed by atoms with Gasteiger partial charge in [0.15, 0.2) is 5.65 Å². The first kappa shape index (κ1) is 11.6. The third kappa shape index (κ3) is 1.91. The predicted octanol–water partition coefficient (Wildman–Crippen LogP) is -0.341. The number of hydrogen-bond acceptors (Lipinski definition) is 6. The summed E-state index contributed by atoms with van der Waals surface area (Å²) in [7, 11) is 1.70. The zero-order valence-corrected chi connectivity index (χ0v) is 10.1. The van der Waals surface area contributed by atoms with Gasteiger partial charge in [0.25, 0.3) is 5.56 Å². The van der Waals surface area contributed by atoms with E-state index in [2.05, 4.69) is 15.4 Å². The van der Waals surface area contributed by atoms with E-state index in [4.69, 9.17) is 9.52 Å². The van der Waals surface area contributed by atoms with Crippen molar-refractivity contribution in [3.8, 4) is 0 Å². The molecule has 8 nitrogen and oxygen atoms in total. The lowest BCUT2D eigenvalue weighted by Crippen LogP contribution is -2.24. The Morgan fingerprint density at radius 1 is 1.37 bits per heavy atom. The molecule has 1 N–H and O–H groups in total. The molecule has 0 saturated carbocycles. The Balaban J connectivity index is 2.01. The standard InChI is InChI=1S/C11H11N5O3/c1-15-10-9(4-12-15)11(18)16(14-13-10)5-7-2-3-8(6-17)19-7/h2-4,17H,5-6H2,1H3. The Hall–Kier alpha value is -2.48. The highest BCUT2D eigenvalue weighted by molar-refractivity contribution is 5.72. The van der Waals surface area contributed by atoms with Crippen LogP contribution in [0.25, 0.3) is 11.0 Å². The molecule has 0 amide bonds. The van der Waals surface area contributed by atoms with Crippen LogP contribution in [0.3, 0.4) is 0 Å². The Morgan fingerprint density at radius 2 is 2.16 bits per heavy atom. The number of nitrogens with zero attached hydrogens (tertiary/aromatic N) is 5. The smallest absolute Gasteiger partial charge is 0.281 e. The molecule has 3 aromatic heterocycles. The van der Waals surface area contributed by atoms with Gasteiger partial charge in [0.05, 0.1) is 6.20 Å². The number of rotatable bonds is 3. The van der Waals surface area contributed by atoms with Crippen molar-refractivity contribution in [3.05, 3.63) is 40.2 Å². The summed E-state index contributed by atoms with van der Waals surface area (Å²) in [5.74, 6) is 0.974. The maximum atomic E-state index is 12.1. The van der Waals surface area contributed by atoms with Crippen LogP contribution in [0.2, 0.25) is 0 Å². The minimum atomic E-state index is -0.278. The van der Waals surface area contributed by atoms with E-state index in [9.17, 15) is 4.79 Å². The summed E-state index contributed by atoms with van der Waals surface area (Å²) in [5.41, 5.74) is 0.164. The van der Waals surface area contributed by atoms with Crippen molar-refractivity contribution in [2.75, 3.05) is 0 Å². The van der Waals surface area contributed by atoms with Crippen LogP contribution >= 0.6 is 0 Å². The highest BCUT2D eigenvalue weighted by atomic mass is 16.4. The van der Waals surface area contributed by atoms with Crippen molar-refractivity contribution in [1.82, 2.24) is 24.8 Å². The summed E-state index contributed by atoms with van der Waals surface area (Å²) in [5, 5.41) is 21.1. The number of aliphatic hydroxyl groups excluding tert-OH is 1. The third-order valence-corrected chi connectivity index (χ3v) is 2.80. The molecule has 98 valence electrons. The van der Waals surface area contributed by atoms with Gasteiger partial charge in [-0.15, -0.1) is 5.10 Å². The predicted molar refractivity (Wildman–Crippen MR) is 64.3 cm³/mol. The quantitative estimate of drug-likeness (QED) is 0.692. The highest BCUT2D eigenvalue weighted by Gasteiger charge is 2.11. The lowest BCUT2D eigenvalue weighted by atomic mass is 10.4. The van der Waals surface area contributed by atoms with Gasteiger partial charge in [0, 0.05) is 7.05 Å². The first-order chi connectivity index (χ1) is 9.19. The fourth-order valence-electron chi connectivity index (χ4n) is 1.82.